The first-order chi connectivity index (χ1) is 13.4. The highest BCUT2D eigenvalue weighted by atomic mass is 16.5. The molecule has 0 N–H and O–H groups in total. The molecule has 0 saturated carbocycles. The van der Waals surface area contributed by atoms with Crippen molar-refractivity contribution >= 4 is 11.7 Å². The molecule has 1 aromatic heterocycles. The van der Waals surface area contributed by atoms with Crippen LogP contribution in [0.2, 0.25) is 0 Å². The van der Waals surface area contributed by atoms with Gasteiger partial charge >= 0.3 is 0 Å². The van der Waals surface area contributed by atoms with Gasteiger partial charge in [0.2, 0.25) is 0 Å². The predicted molar refractivity (Wildman–Crippen MR) is 109 cm³/mol. The maximum Gasteiger partial charge on any atom is 0.254 e. The molecule has 0 bridgehead atoms. The number of carbonyl (C=O) groups excluding carboxylic acids is 1. The minimum absolute atomic E-state index is 0.0703. The Morgan fingerprint density at radius 1 is 1.07 bits per heavy atom. The van der Waals surface area contributed by atoms with Crippen LogP contribution < -0.4 is 4.90 Å². The van der Waals surface area contributed by atoms with Crippen molar-refractivity contribution in [3.05, 3.63) is 52.5 Å². The number of carbonyl (C=O) groups is 1. The zero-order valence-corrected chi connectivity index (χ0v) is 17.1. The zero-order chi connectivity index (χ0) is 19.8. The van der Waals surface area contributed by atoms with Crippen molar-refractivity contribution in [1.29, 1.82) is 0 Å². The number of hydrogen-bond donors (Lipinski definition) is 0. The van der Waals surface area contributed by atoms with Gasteiger partial charge in [0.1, 0.15) is 11.6 Å². The monoisotopic (exact) mass is 380 g/mol. The molecular formula is C22H28N4O2. The summed E-state index contributed by atoms with van der Waals surface area (Å²) in [6.45, 7) is 11.0. The molecule has 2 aliphatic rings. The average molecular weight is 380 g/mol. The van der Waals surface area contributed by atoms with Gasteiger partial charge in [-0.25, -0.2) is 9.97 Å². The Morgan fingerprint density at radius 2 is 1.75 bits per heavy atom. The highest BCUT2D eigenvalue weighted by Crippen LogP contribution is 2.29. The Labute approximate surface area is 166 Å². The Kier molecular flexibility index (Phi) is 5.06. The summed E-state index contributed by atoms with van der Waals surface area (Å²) >= 11 is 0. The van der Waals surface area contributed by atoms with Gasteiger partial charge in [0.15, 0.2) is 0 Å². The Balaban J connectivity index is 1.63. The maximum absolute atomic E-state index is 13.0. The number of fused-ring (bicyclic) bond motifs is 1. The van der Waals surface area contributed by atoms with Crippen molar-refractivity contribution in [1.82, 2.24) is 14.9 Å². The molecule has 1 fully saturated rings. The predicted octanol–water partition coefficient (Wildman–Crippen LogP) is 2.91. The molecule has 6 nitrogen and oxygen atoms in total. The smallest absolute Gasteiger partial charge is 0.254 e. The summed E-state index contributed by atoms with van der Waals surface area (Å²) in [5, 5.41) is 0. The summed E-state index contributed by atoms with van der Waals surface area (Å²) in [7, 11) is 0. The third-order valence-corrected chi connectivity index (χ3v) is 5.46. The van der Waals surface area contributed by atoms with Gasteiger partial charge in [-0.15, -0.1) is 0 Å². The molecule has 3 heterocycles. The highest BCUT2D eigenvalue weighted by Gasteiger charge is 2.30. The topological polar surface area (TPSA) is 58.6 Å². The van der Waals surface area contributed by atoms with E-state index in [0.29, 0.717) is 13.1 Å². The van der Waals surface area contributed by atoms with Crippen LogP contribution in [0.3, 0.4) is 0 Å². The van der Waals surface area contributed by atoms with Crippen LogP contribution in [0, 0.1) is 13.8 Å². The van der Waals surface area contributed by atoms with Crippen molar-refractivity contribution in [2.45, 2.75) is 52.9 Å². The van der Waals surface area contributed by atoms with Crippen LogP contribution in [0.1, 0.15) is 46.9 Å². The normalized spacial score (nSPS) is 22.1. The van der Waals surface area contributed by atoms with E-state index in [2.05, 4.69) is 23.7 Å². The Bertz CT molecular complexity index is 871. The summed E-state index contributed by atoms with van der Waals surface area (Å²) in [6, 6.07) is 7.79. The number of benzene rings is 1. The van der Waals surface area contributed by atoms with Crippen LogP contribution in [0.25, 0.3) is 0 Å². The van der Waals surface area contributed by atoms with Crippen molar-refractivity contribution in [3.63, 3.8) is 0 Å². The fraction of sp³-hybridized carbons (Fsp3) is 0.500. The number of aryl methyl sites for hydroxylation is 2. The van der Waals surface area contributed by atoms with Gasteiger partial charge in [0.05, 0.1) is 24.4 Å². The minimum Gasteiger partial charge on any atom is -0.372 e. The van der Waals surface area contributed by atoms with Crippen LogP contribution in [-0.2, 0) is 17.7 Å². The number of rotatable bonds is 2. The van der Waals surface area contributed by atoms with Gasteiger partial charge in [-0.2, -0.15) is 0 Å². The van der Waals surface area contributed by atoms with E-state index in [4.69, 9.17) is 9.72 Å². The molecule has 1 amide bonds. The number of aromatic nitrogens is 2. The van der Waals surface area contributed by atoms with E-state index in [1.54, 1.807) is 0 Å². The van der Waals surface area contributed by atoms with Crippen LogP contribution in [-0.4, -0.2) is 52.6 Å². The van der Waals surface area contributed by atoms with Crippen molar-refractivity contribution < 1.29 is 9.53 Å². The number of hydrogen-bond acceptors (Lipinski definition) is 5. The molecule has 0 aliphatic carbocycles. The molecule has 6 heteroatoms. The molecule has 2 atom stereocenters. The van der Waals surface area contributed by atoms with Gasteiger partial charge in [0.25, 0.3) is 5.91 Å². The number of morpholine rings is 1. The first kappa shape index (κ1) is 18.9. The fourth-order valence-corrected chi connectivity index (χ4v) is 4.18. The molecular weight excluding hydrogens is 352 g/mol. The molecule has 1 saturated heterocycles. The van der Waals surface area contributed by atoms with Crippen LogP contribution in [0.5, 0.6) is 0 Å². The van der Waals surface area contributed by atoms with Gasteiger partial charge in [0, 0.05) is 37.2 Å². The molecule has 0 radical (unpaired) electrons. The third kappa shape index (κ3) is 3.74. The maximum atomic E-state index is 13.0. The quantitative estimate of drug-likeness (QED) is 0.802. The number of amides is 1. The molecule has 1 aromatic carbocycles. The van der Waals surface area contributed by atoms with Gasteiger partial charge in [-0.05, 0) is 39.8 Å². The first-order valence-corrected chi connectivity index (χ1v) is 10.0. The van der Waals surface area contributed by atoms with E-state index in [1.807, 2.05) is 43.0 Å². The lowest BCUT2D eigenvalue weighted by Gasteiger charge is -2.38. The van der Waals surface area contributed by atoms with E-state index in [0.717, 1.165) is 53.5 Å². The molecule has 2 aromatic rings. The Morgan fingerprint density at radius 3 is 2.43 bits per heavy atom. The molecule has 148 valence electrons. The first-order valence-electron chi connectivity index (χ1n) is 10.0. The molecule has 2 aliphatic heterocycles. The summed E-state index contributed by atoms with van der Waals surface area (Å²) in [5.41, 5.74) is 4.04. The summed E-state index contributed by atoms with van der Waals surface area (Å²) in [4.78, 5) is 26.7. The third-order valence-electron chi connectivity index (χ3n) is 5.46. The molecule has 0 spiro atoms. The molecule has 0 unspecified atom stereocenters. The van der Waals surface area contributed by atoms with E-state index < -0.39 is 0 Å². The SMILES string of the molecule is Cc1ccc(C(=O)N2CCc3nc(C)nc(N4C[C@@H](C)O[C@H](C)C4)c3C2)cc1. The van der Waals surface area contributed by atoms with Gasteiger partial charge in [-0.1, -0.05) is 17.7 Å². The fourth-order valence-electron chi connectivity index (χ4n) is 4.18. The second-order valence-electron chi connectivity index (χ2n) is 8.02. The van der Waals surface area contributed by atoms with Gasteiger partial charge in [-0.3, -0.25) is 4.79 Å². The van der Waals surface area contributed by atoms with Gasteiger partial charge < -0.3 is 14.5 Å². The van der Waals surface area contributed by atoms with E-state index in [-0.39, 0.29) is 18.1 Å². The van der Waals surface area contributed by atoms with E-state index >= 15 is 0 Å². The van der Waals surface area contributed by atoms with Crippen molar-refractivity contribution in [3.8, 4) is 0 Å². The average Bonchev–Trinajstić information content (AvgIpc) is 2.66. The van der Waals surface area contributed by atoms with Crippen LogP contribution in [0.4, 0.5) is 5.82 Å². The van der Waals surface area contributed by atoms with Crippen LogP contribution >= 0.6 is 0 Å². The summed E-state index contributed by atoms with van der Waals surface area (Å²) < 4.78 is 5.89. The highest BCUT2D eigenvalue weighted by molar-refractivity contribution is 5.94. The largest absolute Gasteiger partial charge is 0.372 e. The van der Waals surface area contributed by atoms with E-state index in [1.165, 1.54) is 0 Å². The number of anilines is 1. The Hall–Kier alpha value is -2.47. The second-order valence-corrected chi connectivity index (χ2v) is 8.02. The summed E-state index contributed by atoms with van der Waals surface area (Å²) in [5.74, 6) is 1.82. The standard InChI is InChI=1S/C22H28N4O2/c1-14-5-7-18(8-6-14)22(27)25-10-9-20-19(13-25)21(24-17(4)23-20)26-11-15(2)28-16(3)12-26/h5-8,15-16H,9-13H2,1-4H3/t15-,16-/m1/s1. The minimum atomic E-state index is 0.0703. The molecule has 4 rings (SSSR count). The lowest BCUT2D eigenvalue weighted by molar-refractivity contribution is -0.00560. The van der Waals surface area contributed by atoms with Crippen molar-refractivity contribution in [2.24, 2.45) is 0 Å². The molecule has 28 heavy (non-hydrogen) atoms. The number of nitrogens with zero attached hydrogens (tertiary/aromatic N) is 4. The van der Waals surface area contributed by atoms with Crippen LogP contribution in [0.15, 0.2) is 24.3 Å². The zero-order valence-electron chi connectivity index (χ0n) is 17.1. The second kappa shape index (κ2) is 7.51. The van der Waals surface area contributed by atoms with E-state index in [9.17, 15) is 4.79 Å². The summed E-state index contributed by atoms with van der Waals surface area (Å²) in [6.07, 6.45) is 1.07. The lowest BCUT2D eigenvalue weighted by atomic mass is 10.0. The lowest BCUT2D eigenvalue weighted by Crippen LogP contribution is -2.47. The number of ether oxygens (including phenoxy) is 1. The van der Waals surface area contributed by atoms with Crippen molar-refractivity contribution in [2.75, 3.05) is 24.5 Å².